The molecule has 4 aromatic rings. The maximum atomic E-state index is 13.4. The van der Waals surface area contributed by atoms with Crippen LogP contribution in [0.5, 0.6) is 0 Å². The van der Waals surface area contributed by atoms with Crippen LogP contribution in [0.15, 0.2) is 53.9 Å². The SMILES string of the molecule is Cc1cnc(SCc2ccccn2)nc1C1CCCN(C(=O)c2ccc3[nH]c(C)c(C)c3c2)C1. The predicted molar refractivity (Wildman–Crippen MR) is 136 cm³/mol. The van der Waals surface area contributed by atoms with E-state index < -0.39 is 0 Å². The molecule has 0 radical (unpaired) electrons. The van der Waals surface area contributed by atoms with Crippen molar-refractivity contribution in [1.29, 1.82) is 0 Å². The maximum absolute atomic E-state index is 13.4. The molecular weight excluding hydrogens is 442 g/mol. The highest BCUT2D eigenvalue weighted by molar-refractivity contribution is 7.98. The number of aromatic amines is 1. The van der Waals surface area contributed by atoms with Crippen molar-refractivity contribution < 1.29 is 4.79 Å². The molecular formula is C27H29N5OS. The van der Waals surface area contributed by atoms with Gasteiger partial charge in [0.05, 0.1) is 11.4 Å². The minimum atomic E-state index is 0.0984. The van der Waals surface area contributed by atoms with Gasteiger partial charge in [-0.05, 0) is 75.1 Å². The molecule has 7 heteroatoms. The topological polar surface area (TPSA) is 74.8 Å². The molecule has 0 bridgehead atoms. The van der Waals surface area contributed by atoms with Gasteiger partial charge < -0.3 is 9.88 Å². The highest BCUT2D eigenvalue weighted by atomic mass is 32.2. The van der Waals surface area contributed by atoms with Crippen LogP contribution < -0.4 is 0 Å². The lowest BCUT2D eigenvalue weighted by Crippen LogP contribution is -2.39. The Labute approximate surface area is 204 Å². The van der Waals surface area contributed by atoms with Gasteiger partial charge in [-0.15, -0.1) is 0 Å². The van der Waals surface area contributed by atoms with E-state index in [4.69, 9.17) is 4.98 Å². The number of fused-ring (bicyclic) bond motifs is 1. The minimum absolute atomic E-state index is 0.0984. The van der Waals surface area contributed by atoms with E-state index in [9.17, 15) is 4.79 Å². The van der Waals surface area contributed by atoms with Gasteiger partial charge in [0, 0.05) is 59.3 Å². The second kappa shape index (κ2) is 9.58. The number of nitrogens with zero attached hydrogens (tertiary/aromatic N) is 4. The Hall–Kier alpha value is -3.19. The third-order valence-electron chi connectivity index (χ3n) is 6.71. The van der Waals surface area contributed by atoms with Gasteiger partial charge in [-0.25, -0.2) is 9.97 Å². The van der Waals surface area contributed by atoms with E-state index in [0.29, 0.717) is 6.54 Å². The molecule has 5 rings (SSSR count). The van der Waals surface area contributed by atoms with Crippen molar-refractivity contribution in [2.45, 2.75) is 50.4 Å². The summed E-state index contributed by atoms with van der Waals surface area (Å²) < 4.78 is 0. The van der Waals surface area contributed by atoms with Gasteiger partial charge in [0.1, 0.15) is 0 Å². The van der Waals surface area contributed by atoms with Gasteiger partial charge in [0.2, 0.25) is 0 Å². The summed E-state index contributed by atoms with van der Waals surface area (Å²) in [5, 5.41) is 1.89. The Morgan fingerprint density at radius 1 is 1.18 bits per heavy atom. The van der Waals surface area contributed by atoms with Gasteiger partial charge in [0.15, 0.2) is 5.16 Å². The molecule has 1 N–H and O–H groups in total. The van der Waals surface area contributed by atoms with Crippen molar-refractivity contribution in [2.75, 3.05) is 13.1 Å². The summed E-state index contributed by atoms with van der Waals surface area (Å²) in [6, 6.07) is 11.9. The van der Waals surface area contributed by atoms with E-state index in [1.165, 1.54) is 5.56 Å². The number of aryl methyl sites for hydroxylation is 3. The van der Waals surface area contributed by atoms with Crippen molar-refractivity contribution in [1.82, 2.24) is 24.8 Å². The first-order valence-electron chi connectivity index (χ1n) is 11.7. The number of pyridine rings is 1. The number of piperidine rings is 1. The molecule has 1 aliphatic rings. The monoisotopic (exact) mass is 471 g/mol. The van der Waals surface area contributed by atoms with Crippen molar-refractivity contribution in [2.24, 2.45) is 0 Å². The van der Waals surface area contributed by atoms with Gasteiger partial charge in [-0.3, -0.25) is 9.78 Å². The molecule has 1 unspecified atom stereocenters. The molecule has 0 aliphatic carbocycles. The second-order valence-electron chi connectivity index (χ2n) is 9.06. The first-order chi connectivity index (χ1) is 16.5. The minimum Gasteiger partial charge on any atom is -0.358 e. The summed E-state index contributed by atoms with van der Waals surface area (Å²) in [4.78, 5) is 32.6. The van der Waals surface area contributed by atoms with E-state index in [-0.39, 0.29) is 11.8 Å². The number of amides is 1. The first-order valence-corrected chi connectivity index (χ1v) is 12.7. The van der Waals surface area contributed by atoms with Crippen LogP contribution in [0.4, 0.5) is 0 Å². The molecule has 0 saturated carbocycles. The number of carbonyl (C=O) groups excluding carboxylic acids is 1. The van der Waals surface area contributed by atoms with Gasteiger partial charge >= 0.3 is 0 Å². The number of carbonyl (C=O) groups is 1. The van der Waals surface area contributed by atoms with E-state index in [2.05, 4.69) is 35.7 Å². The maximum Gasteiger partial charge on any atom is 0.253 e. The number of aromatic nitrogens is 4. The van der Waals surface area contributed by atoms with E-state index in [1.54, 1.807) is 18.0 Å². The lowest BCUT2D eigenvalue weighted by Gasteiger charge is -2.33. The number of nitrogens with one attached hydrogen (secondary N) is 1. The number of rotatable bonds is 5. The van der Waals surface area contributed by atoms with Gasteiger partial charge in [-0.2, -0.15) is 0 Å². The molecule has 4 heterocycles. The highest BCUT2D eigenvalue weighted by Gasteiger charge is 2.28. The van der Waals surface area contributed by atoms with Crippen LogP contribution >= 0.6 is 11.8 Å². The number of benzene rings is 1. The van der Waals surface area contributed by atoms with Crippen LogP contribution in [-0.4, -0.2) is 43.8 Å². The fourth-order valence-corrected chi connectivity index (χ4v) is 5.44. The lowest BCUT2D eigenvalue weighted by molar-refractivity contribution is 0.0705. The number of hydrogen-bond donors (Lipinski definition) is 1. The van der Waals surface area contributed by atoms with Crippen LogP contribution in [0.25, 0.3) is 10.9 Å². The normalized spacial score (nSPS) is 16.2. The Kier molecular flexibility index (Phi) is 6.37. The Bertz CT molecular complexity index is 1330. The van der Waals surface area contributed by atoms with Crippen LogP contribution in [0.1, 0.15) is 57.3 Å². The van der Waals surface area contributed by atoms with Crippen molar-refractivity contribution in [3.8, 4) is 0 Å². The molecule has 1 amide bonds. The highest BCUT2D eigenvalue weighted by Crippen LogP contribution is 2.31. The summed E-state index contributed by atoms with van der Waals surface area (Å²) in [6.45, 7) is 7.70. The molecule has 3 aromatic heterocycles. The average molecular weight is 472 g/mol. The number of H-pyrrole nitrogens is 1. The van der Waals surface area contributed by atoms with Crippen LogP contribution in [0.2, 0.25) is 0 Å². The van der Waals surface area contributed by atoms with E-state index in [0.717, 1.165) is 69.4 Å². The number of likely N-dealkylation sites (tertiary alicyclic amines) is 1. The molecule has 1 saturated heterocycles. The predicted octanol–water partition coefficient (Wildman–Crippen LogP) is 5.59. The summed E-state index contributed by atoms with van der Waals surface area (Å²) in [5.74, 6) is 1.05. The largest absolute Gasteiger partial charge is 0.358 e. The molecule has 1 aromatic carbocycles. The second-order valence-corrected chi connectivity index (χ2v) is 10.00. The third kappa shape index (κ3) is 4.57. The molecule has 6 nitrogen and oxygen atoms in total. The summed E-state index contributed by atoms with van der Waals surface area (Å²) in [6.07, 6.45) is 5.72. The van der Waals surface area contributed by atoms with Gasteiger partial charge in [0.25, 0.3) is 5.91 Å². The number of hydrogen-bond acceptors (Lipinski definition) is 5. The zero-order valence-corrected chi connectivity index (χ0v) is 20.7. The van der Waals surface area contributed by atoms with Gasteiger partial charge in [-0.1, -0.05) is 17.8 Å². The molecule has 0 spiro atoms. The zero-order valence-electron chi connectivity index (χ0n) is 19.8. The van der Waals surface area contributed by atoms with Crippen molar-refractivity contribution in [3.63, 3.8) is 0 Å². The van der Waals surface area contributed by atoms with Crippen LogP contribution in [-0.2, 0) is 5.75 Å². The lowest BCUT2D eigenvalue weighted by atomic mass is 9.92. The fourth-order valence-electron chi connectivity index (χ4n) is 4.70. The molecule has 1 atom stereocenters. The summed E-state index contributed by atoms with van der Waals surface area (Å²) >= 11 is 1.60. The Balaban J connectivity index is 1.33. The van der Waals surface area contributed by atoms with Crippen LogP contribution in [0, 0.1) is 20.8 Å². The Morgan fingerprint density at radius 2 is 2.06 bits per heavy atom. The van der Waals surface area contributed by atoms with Crippen molar-refractivity contribution in [3.05, 3.63) is 82.6 Å². The fraction of sp³-hybridized carbons (Fsp3) is 0.333. The van der Waals surface area contributed by atoms with E-state index >= 15 is 0 Å². The molecule has 174 valence electrons. The zero-order chi connectivity index (χ0) is 23.7. The molecule has 1 aliphatic heterocycles. The van der Waals surface area contributed by atoms with Crippen molar-refractivity contribution >= 4 is 28.6 Å². The van der Waals surface area contributed by atoms with Crippen LogP contribution in [0.3, 0.4) is 0 Å². The average Bonchev–Trinajstić information content (AvgIpc) is 3.16. The smallest absolute Gasteiger partial charge is 0.253 e. The van der Waals surface area contributed by atoms with E-state index in [1.807, 2.05) is 47.5 Å². The molecule has 34 heavy (non-hydrogen) atoms. The summed E-state index contributed by atoms with van der Waals surface area (Å²) in [7, 11) is 0. The standard InChI is InChI=1S/C27H29N5OS/c1-17-14-29-27(34-16-22-8-4-5-11-28-22)31-25(17)21-7-6-12-32(15-21)26(33)20-9-10-24-23(13-20)18(2)19(3)30-24/h4-5,8-11,13-14,21,30H,6-7,12,15-16H2,1-3H3. The first kappa shape index (κ1) is 22.6. The molecule has 1 fully saturated rings. The summed E-state index contributed by atoms with van der Waals surface area (Å²) in [5.41, 5.74) is 7.33. The third-order valence-corrected chi connectivity index (χ3v) is 7.61. The number of thioether (sulfide) groups is 1. The quantitative estimate of drug-likeness (QED) is 0.303. The Morgan fingerprint density at radius 3 is 2.88 bits per heavy atom.